The van der Waals surface area contributed by atoms with Crippen LogP contribution < -0.4 is 4.90 Å². The summed E-state index contributed by atoms with van der Waals surface area (Å²) >= 11 is 0. The van der Waals surface area contributed by atoms with Gasteiger partial charge in [0.25, 0.3) is 5.91 Å². The van der Waals surface area contributed by atoms with Crippen LogP contribution >= 0.6 is 0 Å². The second kappa shape index (κ2) is 7.82. The molecule has 0 unspecified atom stereocenters. The summed E-state index contributed by atoms with van der Waals surface area (Å²) in [5.41, 5.74) is 2.83. The summed E-state index contributed by atoms with van der Waals surface area (Å²) in [6.45, 7) is 11.6. The molecule has 0 radical (unpaired) electrons. The number of hydrogen-bond donors (Lipinski definition) is 0. The van der Waals surface area contributed by atoms with Crippen LogP contribution in [-0.2, 0) is 14.3 Å². The molecule has 3 aliphatic rings. The number of piperazine rings is 1. The zero-order valence-electron chi connectivity index (χ0n) is 17.7. The van der Waals surface area contributed by atoms with Crippen LogP contribution in [0.3, 0.4) is 0 Å². The van der Waals surface area contributed by atoms with E-state index in [-0.39, 0.29) is 11.9 Å². The highest BCUT2D eigenvalue weighted by molar-refractivity contribution is 6.07. The predicted octanol–water partition coefficient (Wildman–Crippen LogP) is 2.37. The Hall–Kier alpha value is -2.34. The summed E-state index contributed by atoms with van der Waals surface area (Å²) in [5, 5.41) is 0. The van der Waals surface area contributed by atoms with Crippen LogP contribution in [0, 0.1) is 6.92 Å². The van der Waals surface area contributed by atoms with Gasteiger partial charge in [0.1, 0.15) is 5.60 Å². The number of piperidine rings is 1. The number of ether oxygens (including phenoxy) is 1. The van der Waals surface area contributed by atoms with E-state index in [0.717, 1.165) is 32.7 Å². The summed E-state index contributed by atoms with van der Waals surface area (Å²) in [4.78, 5) is 32.4. The Morgan fingerprint density at radius 1 is 1.07 bits per heavy atom. The van der Waals surface area contributed by atoms with E-state index < -0.39 is 5.60 Å². The van der Waals surface area contributed by atoms with Gasteiger partial charge in [-0.05, 0) is 38.1 Å². The van der Waals surface area contributed by atoms with Crippen LogP contribution in [0.25, 0.3) is 0 Å². The molecule has 1 spiro atoms. The highest BCUT2D eigenvalue weighted by atomic mass is 16.6. The molecule has 0 saturated carbocycles. The minimum absolute atomic E-state index is 0.0119. The number of rotatable bonds is 3. The third-order valence-electron chi connectivity index (χ3n) is 6.68. The zero-order valence-corrected chi connectivity index (χ0v) is 17.7. The van der Waals surface area contributed by atoms with Crippen LogP contribution in [0.1, 0.15) is 32.3 Å². The molecule has 3 heterocycles. The van der Waals surface area contributed by atoms with E-state index >= 15 is 0 Å². The van der Waals surface area contributed by atoms with E-state index in [1.54, 1.807) is 6.92 Å². The van der Waals surface area contributed by atoms with E-state index in [1.807, 2.05) is 4.90 Å². The third-order valence-corrected chi connectivity index (χ3v) is 6.68. The molecule has 0 atom stereocenters. The van der Waals surface area contributed by atoms with Gasteiger partial charge in [0.15, 0.2) is 0 Å². The third kappa shape index (κ3) is 3.66. The van der Waals surface area contributed by atoms with E-state index in [9.17, 15) is 9.59 Å². The van der Waals surface area contributed by atoms with Crippen molar-refractivity contribution in [1.82, 2.24) is 9.80 Å². The SMILES string of the molecule is CCN1CCC2(CC1)OC(=O)C(C)=C2C(=O)N1CCN(c2cccc(C)c2)CC1. The molecular formula is C23H31N3O3. The maximum atomic E-state index is 13.5. The van der Waals surface area contributed by atoms with Crippen molar-refractivity contribution >= 4 is 17.6 Å². The van der Waals surface area contributed by atoms with E-state index in [4.69, 9.17) is 4.74 Å². The molecule has 2 fully saturated rings. The van der Waals surface area contributed by atoms with Crippen molar-refractivity contribution < 1.29 is 14.3 Å². The quantitative estimate of drug-likeness (QED) is 0.733. The van der Waals surface area contributed by atoms with Crippen LogP contribution in [0.4, 0.5) is 5.69 Å². The molecule has 1 amide bonds. The van der Waals surface area contributed by atoms with Gasteiger partial charge in [0, 0.05) is 63.4 Å². The minimum Gasteiger partial charge on any atom is -0.450 e. The van der Waals surface area contributed by atoms with Gasteiger partial charge in [-0.2, -0.15) is 0 Å². The first kappa shape index (κ1) is 20.0. The van der Waals surface area contributed by atoms with Crippen LogP contribution in [-0.4, -0.2) is 73.1 Å². The fourth-order valence-electron chi connectivity index (χ4n) is 4.84. The zero-order chi connectivity index (χ0) is 20.6. The summed E-state index contributed by atoms with van der Waals surface area (Å²) < 4.78 is 5.83. The summed E-state index contributed by atoms with van der Waals surface area (Å²) in [5.74, 6) is -0.334. The molecule has 6 nitrogen and oxygen atoms in total. The van der Waals surface area contributed by atoms with Crippen LogP contribution in [0.5, 0.6) is 0 Å². The molecule has 4 rings (SSSR count). The Bertz CT molecular complexity index is 832. The smallest absolute Gasteiger partial charge is 0.335 e. The Kier molecular flexibility index (Phi) is 5.38. The number of esters is 1. The number of benzene rings is 1. The highest BCUT2D eigenvalue weighted by Gasteiger charge is 2.51. The summed E-state index contributed by atoms with van der Waals surface area (Å²) in [6, 6.07) is 8.48. The van der Waals surface area contributed by atoms with Crippen molar-refractivity contribution in [2.24, 2.45) is 0 Å². The van der Waals surface area contributed by atoms with E-state index in [0.29, 0.717) is 37.1 Å². The lowest BCUT2D eigenvalue weighted by molar-refractivity contribution is -0.151. The normalized spacial score (nSPS) is 22.4. The number of anilines is 1. The monoisotopic (exact) mass is 397 g/mol. The number of nitrogens with zero attached hydrogens (tertiary/aromatic N) is 3. The van der Waals surface area contributed by atoms with Crippen LogP contribution in [0.2, 0.25) is 0 Å². The number of aryl methyl sites for hydroxylation is 1. The lowest BCUT2D eigenvalue weighted by Gasteiger charge is -2.41. The molecule has 1 aromatic rings. The Labute approximate surface area is 173 Å². The summed E-state index contributed by atoms with van der Waals surface area (Å²) in [6.07, 6.45) is 1.41. The van der Waals surface area contributed by atoms with Crippen molar-refractivity contribution in [1.29, 1.82) is 0 Å². The molecule has 3 aliphatic heterocycles. The number of likely N-dealkylation sites (tertiary alicyclic amines) is 1. The number of carbonyl (C=O) groups excluding carboxylic acids is 2. The van der Waals surface area contributed by atoms with Gasteiger partial charge in [-0.25, -0.2) is 4.79 Å². The van der Waals surface area contributed by atoms with Gasteiger partial charge < -0.3 is 19.4 Å². The van der Waals surface area contributed by atoms with Crippen molar-refractivity contribution in [2.45, 2.75) is 39.2 Å². The van der Waals surface area contributed by atoms with Gasteiger partial charge in [-0.15, -0.1) is 0 Å². The fraction of sp³-hybridized carbons (Fsp3) is 0.565. The fourth-order valence-corrected chi connectivity index (χ4v) is 4.84. The lowest BCUT2D eigenvalue weighted by Crippen LogP contribution is -2.53. The molecule has 0 bridgehead atoms. The van der Waals surface area contributed by atoms with Crippen LogP contribution in [0.15, 0.2) is 35.4 Å². The van der Waals surface area contributed by atoms with Crippen molar-refractivity contribution in [3.63, 3.8) is 0 Å². The molecule has 156 valence electrons. The molecular weight excluding hydrogens is 366 g/mol. The first-order chi connectivity index (χ1) is 13.9. The van der Waals surface area contributed by atoms with E-state index in [1.165, 1.54) is 11.3 Å². The van der Waals surface area contributed by atoms with Crippen molar-refractivity contribution in [3.8, 4) is 0 Å². The largest absolute Gasteiger partial charge is 0.450 e. The number of amides is 1. The average Bonchev–Trinajstić information content (AvgIpc) is 2.97. The topological polar surface area (TPSA) is 53.1 Å². The van der Waals surface area contributed by atoms with Gasteiger partial charge in [-0.1, -0.05) is 19.1 Å². The maximum absolute atomic E-state index is 13.5. The Morgan fingerprint density at radius 3 is 2.38 bits per heavy atom. The van der Waals surface area contributed by atoms with Gasteiger partial charge in [0.2, 0.25) is 0 Å². The first-order valence-electron chi connectivity index (χ1n) is 10.7. The second-order valence-electron chi connectivity index (χ2n) is 8.44. The Morgan fingerprint density at radius 2 is 1.76 bits per heavy atom. The molecule has 2 saturated heterocycles. The predicted molar refractivity (Wildman–Crippen MR) is 113 cm³/mol. The molecule has 0 N–H and O–H groups in total. The Balaban J connectivity index is 1.48. The first-order valence-corrected chi connectivity index (χ1v) is 10.7. The highest BCUT2D eigenvalue weighted by Crippen LogP contribution is 2.42. The van der Waals surface area contributed by atoms with Gasteiger partial charge in [-0.3, -0.25) is 4.79 Å². The maximum Gasteiger partial charge on any atom is 0.335 e. The molecule has 29 heavy (non-hydrogen) atoms. The standard InChI is InChI=1S/C23H31N3O3/c1-4-24-10-8-23(9-11-24)20(18(3)22(28)29-23)21(27)26-14-12-25(13-15-26)19-7-5-6-17(2)16-19/h5-7,16H,4,8-15H2,1-3H3. The molecule has 1 aromatic carbocycles. The van der Waals surface area contributed by atoms with Gasteiger partial charge in [0.05, 0.1) is 5.57 Å². The molecule has 0 aromatic heterocycles. The molecule has 6 heteroatoms. The summed E-state index contributed by atoms with van der Waals surface area (Å²) in [7, 11) is 0. The number of carbonyl (C=O) groups is 2. The average molecular weight is 398 g/mol. The second-order valence-corrected chi connectivity index (χ2v) is 8.44. The minimum atomic E-state index is -0.725. The van der Waals surface area contributed by atoms with Crippen molar-refractivity contribution in [2.75, 3.05) is 50.7 Å². The van der Waals surface area contributed by atoms with E-state index in [2.05, 4.69) is 47.9 Å². The van der Waals surface area contributed by atoms with Crippen molar-refractivity contribution in [3.05, 3.63) is 41.0 Å². The number of hydrogen-bond acceptors (Lipinski definition) is 5. The lowest BCUT2D eigenvalue weighted by atomic mass is 9.82. The van der Waals surface area contributed by atoms with Gasteiger partial charge >= 0.3 is 5.97 Å². The molecule has 0 aliphatic carbocycles.